The zero-order valence-electron chi connectivity index (χ0n) is 8.15. The van der Waals surface area contributed by atoms with Crippen LogP contribution in [0.3, 0.4) is 0 Å². The molecule has 0 heterocycles. The van der Waals surface area contributed by atoms with Crippen molar-refractivity contribution in [2.24, 2.45) is 5.84 Å². The monoisotopic (exact) mass is 192 g/mol. The summed E-state index contributed by atoms with van der Waals surface area (Å²) < 4.78 is 5.50. The first kappa shape index (κ1) is 10.8. The predicted molar refractivity (Wildman–Crippen MR) is 57.9 cm³/mol. The SMILES string of the molecule is C=CC(CCOc1ccccc1)NN. The van der Waals surface area contributed by atoms with Crippen molar-refractivity contribution in [2.75, 3.05) is 6.61 Å². The third-order valence-electron chi connectivity index (χ3n) is 1.94. The van der Waals surface area contributed by atoms with Crippen LogP contribution >= 0.6 is 0 Å². The molecule has 0 aliphatic rings. The maximum absolute atomic E-state index is 5.50. The first-order valence-corrected chi connectivity index (χ1v) is 4.63. The third kappa shape index (κ3) is 3.60. The summed E-state index contributed by atoms with van der Waals surface area (Å²) in [4.78, 5) is 0. The summed E-state index contributed by atoms with van der Waals surface area (Å²) in [6.45, 7) is 4.29. The molecule has 14 heavy (non-hydrogen) atoms. The van der Waals surface area contributed by atoms with E-state index >= 15 is 0 Å². The van der Waals surface area contributed by atoms with Gasteiger partial charge in [-0.25, -0.2) is 0 Å². The molecule has 0 radical (unpaired) electrons. The Morgan fingerprint density at radius 1 is 1.43 bits per heavy atom. The highest BCUT2D eigenvalue weighted by atomic mass is 16.5. The van der Waals surface area contributed by atoms with Crippen LogP contribution < -0.4 is 16.0 Å². The summed E-state index contributed by atoms with van der Waals surface area (Å²) in [5.41, 5.74) is 2.64. The Hall–Kier alpha value is -1.32. The number of nitrogens with one attached hydrogen (secondary N) is 1. The lowest BCUT2D eigenvalue weighted by Crippen LogP contribution is -2.34. The minimum atomic E-state index is 0.110. The Morgan fingerprint density at radius 2 is 2.14 bits per heavy atom. The molecular weight excluding hydrogens is 176 g/mol. The molecule has 3 N–H and O–H groups in total. The fourth-order valence-electron chi connectivity index (χ4n) is 1.09. The summed E-state index contributed by atoms with van der Waals surface area (Å²) in [6, 6.07) is 9.82. The van der Waals surface area contributed by atoms with E-state index in [1.165, 1.54) is 0 Å². The fraction of sp³-hybridized carbons (Fsp3) is 0.273. The Bertz CT molecular complexity index is 261. The van der Waals surface area contributed by atoms with Crippen molar-refractivity contribution in [1.82, 2.24) is 5.43 Å². The van der Waals surface area contributed by atoms with Crippen LogP contribution in [0, 0.1) is 0 Å². The van der Waals surface area contributed by atoms with Crippen LogP contribution in [0.15, 0.2) is 43.0 Å². The number of nitrogens with two attached hydrogens (primary N) is 1. The van der Waals surface area contributed by atoms with E-state index in [2.05, 4.69) is 12.0 Å². The second kappa shape index (κ2) is 6.18. The largest absolute Gasteiger partial charge is 0.494 e. The van der Waals surface area contributed by atoms with Crippen LogP contribution in [0.1, 0.15) is 6.42 Å². The molecule has 3 nitrogen and oxygen atoms in total. The van der Waals surface area contributed by atoms with Crippen LogP contribution in [0.25, 0.3) is 0 Å². The highest BCUT2D eigenvalue weighted by Gasteiger charge is 2.00. The molecule has 0 saturated carbocycles. The number of hydrazine groups is 1. The van der Waals surface area contributed by atoms with Crippen LogP contribution in [0.4, 0.5) is 0 Å². The lowest BCUT2D eigenvalue weighted by atomic mass is 10.2. The van der Waals surface area contributed by atoms with E-state index in [1.54, 1.807) is 6.08 Å². The molecule has 0 fully saturated rings. The summed E-state index contributed by atoms with van der Waals surface area (Å²) >= 11 is 0. The molecule has 3 heteroatoms. The number of ether oxygens (including phenoxy) is 1. The number of rotatable bonds is 6. The van der Waals surface area contributed by atoms with Crippen LogP contribution in [0.2, 0.25) is 0 Å². The Kier molecular flexibility index (Phi) is 4.75. The van der Waals surface area contributed by atoms with Crippen molar-refractivity contribution >= 4 is 0 Å². The number of hydrogen-bond donors (Lipinski definition) is 2. The van der Waals surface area contributed by atoms with Gasteiger partial charge >= 0.3 is 0 Å². The fourth-order valence-corrected chi connectivity index (χ4v) is 1.09. The highest BCUT2D eigenvalue weighted by molar-refractivity contribution is 5.20. The molecule has 1 aromatic carbocycles. The van der Waals surface area contributed by atoms with E-state index in [-0.39, 0.29) is 6.04 Å². The first-order valence-electron chi connectivity index (χ1n) is 4.63. The second-order valence-electron chi connectivity index (χ2n) is 2.96. The summed E-state index contributed by atoms with van der Waals surface area (Å²) in [5, 5.41) is 0. The van der Waals surface area contributed by atoms with Crippen molar-refractivity contribution < 1.29 is 4.74 Å². The number of benzene rings is 1. The van der Waals surface area contributed by atoms with E-state index in [4.69, 9.17) is 10.6 Å². The van der Waals surface area contributed by atoms with Crippen LogP contribution in [-0.4, -0.2) is 12.6 Å². The number of para-hydroxylation sites is 1. The van der Waals surface area contributed by atoms with Gasteiger partial charge in [0.15, 0.2) is 0 Å². The highest BCUT2D eigenvalue weighted by Crippen LogP contribution is 2.08. The molecule has 1 aromatic rings. The summed E-state index contributed by atoms with van der Waals surface area (Å²) in [5.74, 6) is 6.17. The summed E-state index contributed by atoms with van der Waals surface area (Å²) in [7, 11) is 0. The average Bonchev–Trinajstić information content (AvgIpc) is 2.26. The zero-order chi connectivity index (χ0) is 10.2. The molecule has 0 saturated heterocycles. The van der Waals surface area contributed by atoms with Crippen molar-refractivity contribution in [1.29, 1.82) is 0 Å². The van der Waals surface area contributed by atoms with Gasteiger partial charge in [-0.15, -0.1) is 6.58 Å². The molecule has 0 spiro atoms. The van der Waals surface area contributed by atoms with Crippen molar-refractivity contribution in [3.63, 3.8) is 0 Å². The standard InChI is InChI=1S/C11H16N2O/c1-2-10(13-12)8-9-14-11-6-4-3-5-7-11/h2-7,10,13H,1,8-9,12H2. The minimum absolute atomic E-state index is 0.110. The van der Waals surface area contributed by atoms with Crippen LogP contribution in [-0.2, 0) is 0 Å². The van der Waals surface area contributed by atoms with Crippen molar-refractivity contribution in [2.45, 2.75) is 12.5 Å². The van der Waals surface area contributed by atoms with Gasteiger partial charge in [-0.05, 0) is 12.1 Å². The van der Waals surface area contributed by atoms with E-state index in [0.29, 0.717) is 6.61 Å². The van der Waals surface area contributed by atoms with E-state index < -0.39 is 0 Å². The Labute approximate surface area is 84.5 Å². The summed E-state index contributed by atoms with van der Waals surface area (Å²) in [6.07, 6.45) is 2.59. The zero-order valence-corrected chi connectivity index (χ0v) is 8.15. The molecule has 1 rings (SSSR count). The normalized spacial score (nSPS) is 12.1. The molecular formula is C11H16N2O. The molecule has 76 valence electrons. The Balaban J connectivity index is 2.25. The van der Waals surface area contributed by atoms with Crippen molar-refractivity contribution in [3.8, 4) is 5.75 Å². The second-order valence-corrected chi connectivity index (χ2v) is 2.96. The van der Waals surface area contributed by atoms with Gasteiger partial charge in [0.2, 0.25) is 0 Å². The van der Waals surface area contributed by atoms with Crippen molar-refractivity contribution in [3.05, 3.63) is 43.0 Å². The average molecular weight is 192 g/mol. The quantitative estimate of drug-likeness (QED) is 0.407. The van der Waals surface area contributed by atoms with Gasteiger partial charge < -0.3 is 4.74 Å². The predicted octanol–water partition coefficient (Wildman–Crippen LogP) is 1.47. The molecule has 1 atom stereocenters. The molecule has 0 bridgehead atoms. The van der Waals surface area contributed by atoms with Crippen LogP contribution in [0.5, 0.6) is 5.75 Å². The third-order valence-corrected chi connectivity index (χ3v) is 1.94. The van der Waals surface area contributed by atoms with E-state index in [0.717, 1.165) is 12.2 Å². The molecule has 0 aliphatic heterocycles. The van der Waals surface area contributed by atoms with E-state index in [9.17, 15) is 0 Å². The topological polar surface area (TPSA) is 47.3 Å². The lowest BCUT2D eigenvalue weighted by Gasteiger charge is -2.11. The van der Waals surface area contributed by atoms with Gasteiger partial charge in [0.25, 0.3) is 0 Å². The Morgan fingerprint density at radius 3 is 2.71 bits per heavy atom. The smallest absolute Gasteiger partial charge is 0.119 e. The number of hydrogen-bond acceptors (Lipinski definition) is 3. The molecule has 0 aliphatic carbocycles. The van der Waals surface area contributed by atoms with Gasteiger partial charge in [0.05, 0.1) is 6.61 Å². The van der Waals surface area contributed by atoms with Gasteiger partial charge in [-0.2, -0.15) is 0 Å². The maximum Gasteiger partial charge on any atom is 0.119 e. The molecule has 0 aromatic heterocycles. The lowest BCUT2D eigenvalue weighted by molar-refractivity contribution is 0.297. The van der Waals surface area contributed by atoms with Gasteiger partial charge in [0.1, 0.15) is 5.75 Å². The van der Waals surface area contributed by atoms with E-state index in [1.807, 2.05) is 30.3 Å². The van der Waals surface area contributed by atoms with Gasteiger partial charge in [0, 0.05) is 12.5 Å². The maximum atomic E-state index is 5.50. The van der Waals surface area contributed by atoms with Gasteiger partial charge in [-0.1, -0.05) is 24.3 Å². The molecule has 1 unspecified atom stereocenters. The molecule has 0 amide bonds. The first-order chi connectivity index (χ1) is 6.86. The van der Waals surface area contributed by atoms with Gasteiger partial charge in [-0.3, -0.25) is 11.3 Å². The minimum Gasteiger partial charge on any atom is -0.494 e.